The van der Waals surface area contributed by atoms with Crippen LogP contribution >= 0.6 is 0 Å². The second-order valence-corrected chi connectivity index (χ2v) is 3.45. The number of aromatic nitrogens is 3. The Morgan fingerprint density at radius 2 is 2.22 bits per heavy atom. The largest absolute Gasteiger partial charge is 0.489 e. The second-order valence-electron chi connectivity index (χ2n) is 3.45. The van der Waals surface area contributed by atoms with Gasteiger partial charge in [-0.3, -0.25) is 0 Å². The van der Waals surface area contributed by atoms with Crippen LogP contribution in [0.4, 0.5) is 4.39 Å². The number of halogens is 1. The number of para-hydroxylation sites is 1. The van der Waals surface area contributed by atoms with Crippen LogP contribution in [-0.2, 0) is 6.54 Å². The SMILES string of the molecule is O=C(O)c1cn(CCOc2ccccc2F)nn1. The fourth-order valence-electron chi connectivity index (χ4n) is 1.32. The molecule has 0 aliphatic carbocycles. The Balaban J connectivity index is 1.88. The molecule has 18 heavy (non-hydrogen) atoms. The normalized spacial score (nSPS) is 10.3. The number of benzene rings is 1. The highest BCUT2D eigenvalue weighted by molar-refractivity contribution is 5.84. The van der Waals surface area contributed by atoms with E-state index < -0.39 is 11.8 Å². The highest BCUT2D eigenvalue weighted by atomic mass is 19.1. The monoisotopic (exact) mass is 251 g/mol. The molecule has 1 heterocycles. The number of carbonyl (C=O) groups is 1. The van der Waals surface area contributed by atoms with Gasteiger partial charge >= 0.3 is 5.97 Å². The van der Waals surface area contributed by atoms with Crippen LogP contribution in [0.1, 0.15) is 10.5 Å². The van der Waals surface area contributed by atoms with Gasteiger partial charge in [0.2, 0.25) is 0 Å². The molecule has 0 amide bonds. The number of carboxylic acids is 1. The van der Waals surface area contributed by atoms with Gasteiger partial charge in [-0.1, -0.05) is 17.3 Å². The summed E-state index contributed by atoms with van der Waals surface area (Å²) in [5, 5.41) is 15.7. The lowest BCUT2D eigenvalue weighted by Gasteiger charge is -2.06. The standard InChI is InChI=1S/C11H10FN3O3/c12-8-3-1-2-4-10(8)18-6-5-15-7-9(11(16)17)13-14-15/h1-4,7H,5-6H2,(H,16,17). The number of hydrogen-bond acceptors (Lipinski definition) is 4. The summed E-state index contributed by atoms with van der Waals surface area (Å²) in [7, 11) is 0. The molecular weight excluding hydrogens is 241 g/mol. The van der Waals surface area contributed by atoms with Crippen LogP contribution in [0.5, 0.6) is 5.75 Å². The molecule has 6 nitrogen and oxygen atoms in total. The maximum absolute atomic E-state index is 13.2. The number of nitrogens with zero attached hydrogens (tertiary/aromatic N) is 3. The number of hydrogen-bond donors (Lipinski definition) is 1. The predicted molar refractivity (Wildman–Crippen MR) is 58.9 cm³/mol. The van der Waals surface area contributed by atoms with Crippen LogP contribution in [-0.4, -0.2) is 32.7 Å². The van der Waals surface area contributed by atoms with Crippen molar-refractivity contribution in [2.24, 2.45) is 0 Å². The van der Waals surface area contributed by atoms with E-state index in [1.54, 1.807) is 12.1 Å². The van der Waals surface area contributed by atoms with Gasteiger partial charge in [-0.25, -0.2) is 13.9 Å². The van der Waals surface area contributed by atoms with Crippen molar-refractivity contribution in [1.82, 2.24) is 15.0 Å². The lowest BCUT2D eigenvalue weighted by atomic mass is 10.3. The van der Waals surface area contributed by atoms with Gasteiger partial charge in [0, 0.05) is 0 Å². The maximum atomic E-state index is 13.2. The van der Waals surface area contributed by atoms with Crippen molar-refractivity contribution in [3.63, 3.8) is 0 Å². The molecule has 0 spiro atoms. The Bertz CT molecular complexity index is 556. The van der Waals surface area contributed by atoms with Gasteiger partial charge < -0.3 is 9.84 Å². The molecule has 1 aromatic heterocycles. The average molecular weight is 251 g/mol. The maximum Gasteiger partial charge on any atom is 0.358 e. The van der Waals surface area contributed by atoms with Gasteiger partial charge in [-0.15, -0.1) is 5.10 Å². The molecule has 2 aromatic rings. The molecule has 0 fully saturated rings. The molecule has 2 rings (SSSR count). The van der Waals surface area contributed by atoms with Crippen LogP contribution in [0, 0.1) is 5.82 Å². The van der Waals surface area contributed by atoms with E-state index in [2.05, 4.69) is 10.3 Å². The summed E-state index contributed by atoms with van der Waals surface area (Å²) < 4.78 is 19.7. The number of rotatable bonds is 5. The molecule has 0 radical (unpaired) electrons. The highest BCUT2D eigenvalue weighted by Gasteiger charge is 2.08. The smallest absolute Gasteiger partial charge is 0.358 e. The Hall–Kier alpha value is -2.44. The van der Waals surface area contributed by atoms with Gasteiger partial charge in [0.1, 0.15) is 6.61 Å². The predicted octanol–water partition coefficient (Wildman–Crippen LogP) is 1.19. The van der Waals surface area contributed by atoms with Gasteiger partial charge in [0.05, 0.1) is 12.7 Å². The van der Waals surface area contributed by atoms with Crippen LogP contribution in [0.2, 0.25) is 0 Å². The lowest BCUT2D eigenvalue weighted by molar-refractivity contribution is 0.0690. The zero-order valence-corrected chi connectivity index (χ0v) is 9.28. The molecular formula is C11H10FN3O3. The first kappa shape index (κ1) is 12.0. The fraction of sp³-hybridized carbons (Fsp3) is 0.182. The van der Waals surface area contributed by atoms with Crippen molar-refractivity contribution >= 4 is 5.97 Å². The van der Waals surface area contributed by atoms with Crippen LogP contribution in [0.3, 0.4) is 0 Å². The zero-order chi connectivity index (χ0) is 13.0. The van der Waals surface area contributed by atoms with Crippen molar-refractivity contribution in [2.45, 2.75) is 6.54 Å². The summed E-state index contributed by atoms with van der Waals surface area (Å²) in [4.78, 5) is 10.6. The van der Waals surface area contributed by atoms with E-state index in [9.17, 15) is 9.18 Å². The molecule has 7 heteroatoms. The Morgan fingerprint density at radius 1 is 1.44 bits per heavy atom. The van der Waals surface area contributed by atoms with E-state index in [1.807, 2.05) is 0 Å². The number of ether oxygens (including phenoxy) is 1. The molecule has 1 N–H and O–H groups in total. The van der Waals surface area contributed by atoms with Crippen molar-refractivity contribution in [3.8, 4) is 5.75 Å². The molecule has 0 atom stereocenters. The van der Waals surface area contributed by atoms with Crippen LogP contribution in [0.25, 0.3) is 0 Å². The van der Waals surface area contributed by atoms with Crippen molar-refractivity contribution < 1.29 is 19.0 Å². The number of aromatic carboxylic acids is 1. The quantitative estimate of drug-likeness (QED) is 0.863. The summed E-state index contributed by atoms with van der Waals surface area (Å²) in [5.74, 6) is -1.44. The summed E-state index contributed by atoms with van der Waals surface area (Å²) >= 11 is 0. The van der Waals surface area contributed by atoms with Crippen LogP contribution < -0.4 is 4.74 Å². The first-order chi connectivity index (χ1) is 8.66. The number of carboxylic acid groups (broad SMARTS) is 1. The van der Waals surface area contributed by atoms with E-state index in [-0.39, 0.29) is 24.6 Å². The summed E-state index contributed by atoms with van der Waals surface area (Å²) in [6.45, 7) is 0.456. The summed E-state index contributed by atoms with van der Waals surface area (Å²) in [6.07, 6.45) is 1.28. The van der Waals surface area contributed by atoms with Gasteiger partial charge in [0.15, 0.2) is 17.3 Å². The van der Waals surface area contributed by atoms with E-state index in [1.165, 1.54) is 23.0 Å². The van der Waals surface area contributed by atoms with Crippen molar-refractivity contribution in [1.29, 1.82) is 0 Å². The topological polar surface area (TPSA) is 77.2 Å². The Labute approximate surface area is 102 Å². The van der Waals surface area contributed by atoms with E-state index >= 15 is 0 Å². The minimum absolute atomic E-state index is 0.138. The minimum atomic E-state index is -1.14. The molecule has 0 bridgehead atoms. The molecule has 0 saturated carbocycles. The first-order valence-electron chi connectivity index (χ1n) is 5.17. The molecule has 0 saturated heterocycles. The zero-order valence-electron chi connectivity index (χ0n) is 9.28. The highest BCUT2D eigenvalue weighted by Crippen LogP contribution is 2.15. The molecule has 94 valence electrons. The van der Waals surface area contributed by atoms with Gasteiger partial charge in [-0.2, -0.15) is 0 Å². The Kier molecular flexibility index (Phi) is 3.52. The molecule has 0 unspecified atom stereocenters. The molecule has 1 aromatic carbocycles. The third-order valence-electron chi connectivity index (χ3n) is 2.17. The molecule has 0 aliphatic heterocycles. The second kappa shape index (κ2) is 5.26. The van der Waals surface area contributed by atoms with Crippen molar-refractivity contribution in [3.05, 3.63) is 42.0 Å². The van der Waals surface area contributed by atoms with E-state index in [0.717, 1.165) is 0 Å². The summed E-state index contributed by atoms with van der Waals surface area (Å²) in [6, 6.07) is 6.04. The van der Waals surface area contributed by atoms with Crippen molar-refractivity contribution in [2.75, 3.05) is 6.61 Å². The molecule has 0 aliphatic rings. The van der Waals surface area contributed by atoms with Crippen LogP contribution in [0.15, 0.2) is 30.5 Å². The average Bonchev–Trinajstić information content (AvgIpc) is 2.80. The summed E-state index contributed by atoms with van der Waals surface area (Å²) in [5.41, 5.74) is -0.138. The van der Waals surface area contributed by atoms with Gasteiger partial charge in [0.25, 0.3) is 0 Å². The third kappa shape index (κ3) is 2.82. The fourth-order valence-corrected chi connectivity index (χ4v) is 1.32. The lowest BCUT2D eigenvalue weighted by Crippen LogP contribution is -2.09. The Morgan fingerprint density at radius 3 is 2.89 bits per heavy atom. The van der Waals surface area contributed by atoms with E-state index in [0.29, 0.717) is 0 Å². The van der Waals surface area contributed by atoms with E-state index in [4.69, 9.17) is 9.84 Å². The first-order valence-corrected chi connectivity index (χ1v) is 5.17. The minimum Gasteiger partial charge on any atom is -0.489 e. The van der Waals surface area contributed by atoms with Gasteiger partial charge in [-0.05, 0) is 12.1 Å². The third-order valence-corrected chi connectivity index (χ3v) is 2.17.